The third-order valence-corrected chi connectivity index (χ3v) is 5.34. The molecule has 27 heavy (non-hydrogen) atoms. The average Bonchev–Trinajstić information content (AvgIpc) is 2.72. The fourth-order valence-corrected chi connectivity index (χ4v) is 3.74. The SMILES string of the molecule is Cl.O=C(CCC1CCNCC1)NC(CCc1ccccc1)c1ccccc1. The van der Waals surface area contributed by atoms with Crippen LogP contribution in [0.5, 0.6) is 0 Å². The Bertz CT molecular complexity index is 657. The summed E-state index contributed by atoms with van der Waals surface area (Å²) in [6.45, 7) is 2.19. The van der Waals surface area contributed by atoms with Gasteiger partial charge in [-0.2, -0.15) is 0 Å². The van der Waals surface area contributed by atoms with Crippen LogP contribution in [0.2, 0.25) is 0 Å². The molecule has 1 atom stereocenters. The van der Waals surface area contributed by atoms with Crippen LogP contribution in [0, 0.1) is 5.92 Å². The van der Waals surface area contributed by atoms with Crippen LogP contribution in [0.1, 0.15) is 49.3 Å². The van der Waals surface area contributed by atoms with E-state index < -0.39 is 0 Å². The van der Waals surface area contributed by atoms with Gasteiger partial charge in [-0.05, 0) is 62.2 Å². The summed E-state index contributed by atoms with van der Waals surface area (Å²) in [5, 5.41) is 6.68. The van der Waals surface area contributed by atoms with Crippen molar-refractivity contribution < 1.29 is 4.79 Å². The number of aryl methyl sites for hydroxylation is 1. The lowest BCUT2D eigenvalue weighted by atomic mass is 9.93. The third-order valence-electron chi connectivity index (χ3n) is 5.34. The Hall–Kier alpha value is -1.84. The summed E-state index contributed by atoms with van der Waals surface area (Å²) < 4.78 is 0. The Balaban J connectivity index is 0.00000261. The molecule has 3 nitrogen and oxygen atoms in total. The van der Waals surface area contributed by atoms with Crippen molar-refractivity contribution in [2.75, 3.05) is 13.1 Å². The summed E-state index contributed by atoms with van der Waals surface area (Å²) in [7, 11) is 0. The zero-order valence-electron chi connectivity index (χ0n) is 15.9. The molecule has 1 aliphatic rings. The molecule has 0 spiro atoms. The van der Waals surface area contributed by atoms with Crippen LogP contribution in [-0.4, -0.2) is 19.0 Å². The second kappa shape index (κ2) is 11.8. The van der Waals surface area contributed by atoms with E-state index >= 15 is 0 Å². The van der Waals surface area contributed by atoms with Crippen LogP contribution in [0.15, 0.2) is 60.7 Å². The summed E-state index contributed by atoms with van der Waals surface area (Å²) >= 11 is 0. The van der Waals surface area contributed by atoms with Gasteiger partial charge in [0, 0.05) is 6.42 Å². The predicted octanol–water partition coefficient (Wildman–Crippen LogP) is 4.68. The Morgan fingerprint density at radius 1 is 1.00 bits per heavy atom. The number of amides is 1. The fraction of sp³-hybridized carbons (Fsp3) is 0.435. The maximum atomic E-state index is 12.6. The van der Waals surface area contributed by atoms with E-state index in [0.29, 0.717) is 12.3 Å². The Morgan fingerprint density at radius 2 is 1.63 bits per heavy atom. The van der Waals surface area contributed by atoms with Crippen LogP contribution in [0.3, 0.4) is 0 Å². The first-order valence-corrected chi connectivity index (χ1v) is 9.90. The summed E-state index contributed by atoms with van der Waals surface area (Å²) in [4.78, 5) is 12.6. The quantitative estimate of drug-likeness (QED) is 0.691. The average molecular weight is 387 g/mol. The number of carbonyl (C=O) groups is 1. The molecule has 146 valence electrons. The molecule has 0 saturated carbocycles. The maximum absolute atomic E-state index is 12.6. The largest absolute Gasteiger partial charge is 0.349 e. The van der Waals surface area contributed by atoms with Gasteiger partial charge in [-0.1, -0.05) is 60.7 Å². The van der Waals surface area contributed by atoms with Crippen LogP contribution >= 0.6 is 12.4 Å². The van der Waals surface area contributed by atoms with E-state index in [1.165, 1.54) is 24.0 Å². The minimum Gasteiger partial charge on any atom is -0.349 e. The van der Waals surface area contributed by atoms with Gasteiger partial charge in [0.25, 0.3) is 0 Å². The molecule has 2 aromatic rings. The highest BCUT2D eigenvalue weighted by molar-refractivity contribution is 5.85. The van der Waals surface area contributed by atoms with E-state index in [4.69, 9.17) is 0 Å². The molecule has 4 heteroatoms. The molecule has 1 unspecified atom stereocenters. The van der Waals surface area contributed by atoms with Gasteiger partial charge in [-0.15, -0.1) is 12.4 Å². The van der Waals surface area contributed by atoms with Crippen molar-refractivity contribution in [1.82, 2.24) is 10.6 Å². The molecule has 1 fully saturated rings. The van der Waals surface area contributed by atoms with E-state index in [-0.39, 0.29) is 24.4 Å². The molecule has 1 saturated heterocycles. The first kappa shape index (κ1) is 21.5. The van der Waals surface area contributed by atoms with Crippen LogP contribution in [-0.2, 0) is 11.2 Å². The molecule has 2 N–H and O–H groups in total. The van der Waals surface area contributed by atoms with Gasteiger partial charge in [0.2, 0.25) is 5.91 Å². The topological polar surface area (TPSA) is 41.1 Å². The zero-order valence-corrected chi connectivity index (χ0v) is 16.7. The highest BCUT2D eigenvalue weighted by Crippen LogP contribution is 2.21. The lowest BCUT2D eigenvalue weighted by Crippen LogP contribution is -2.31. The maximum Gasteiger partial charge on any atom is 0.220 e. The number of hydrogen-bond acceptors (Lipinski definition) is 2. The van der Waals surface area contributed by atoms with E-state index in [1.54, 1.807) is 0 Å². The normalized spacial score (nSPS) is 15.6. The monoisotopic (exact) mass is 386 g/mol. The molecule has 1 heterocycles. The van der Waals surface area contributed by atoms with Gasteiger partial charge in [-0.25, -0.2) is 0 Å². The summed E-state index contributed by atoms with van der Waals surface area (Å²) in [6.07, 6.45) is 5.93. The Kier molecular flexibility index (Phi) is 9.37. The van der Waals surface area contributed by atoms with Crippen LogP contribution < -0.4 is 10.6 Å². The number of halogens is 1. The lowest BCUT2D eigenvalue weighted by Gasteiger charge is -2.23. The minimum atomic E-state index is 0. The van der Waals surface area contributed by atoms with Gasteiger partial charge in [0.15, 0.2) is 0 Å². The van der Waals surface area contributed by atoms with Crippen molar-refractivity contribution >= 4 is 18.3 Å². The standard InChI is InChI=1S/C23H30N2O.ClH/c26-23(14-12-20-15-17-24-18-16-20)25-22(21-9-5-2-6-10-21)13-11-19-7-3-1-4-8-19;/h1-10,20,22,24H,11-18H2,(H,25,26);1H. The zero-order chi connectivity index (χ0) is 18.0. The van der Waals surface area contributed by atoms with Crippen molar-refractivity contribution in [3.63, 3.8) is 0 Å². The van der Waals surface area contributed by atoms with E-state index in [1.807, 2.05) is 24.3 Å². The number of carbonyl (C=O) groups excluding carboxylic acids is 1. The molecule has 1 amide bonds. The van der Waals surface area contributed by atoms with Gasteiger partial charge in [0.1, 0.15) is 0 Å². The number of nitrogens with one attached hydrogen (secondary N) is 2. The first-order chi connectivity index (χ1) is 12.8. The van der Waals surface area contributed by atoms with E-state index in [0.717, 1.165) is 32.4 Å². The molecule has 0 bridgehead atoms. The van der Waals surface area contributed by atoms with E-state index in [2.05, 4.69) is 47.0 Å². The van der Waals surface area contributed by atoms with Crippen molar-refractivity contribution in [3.05, 3.63) is 71.8 Å². The van der Waals surface area contributed by atoms with Crippen LogP contribution in [0.25, 0.3) is 0 Å². The van der Waals surface area contributed by atoms with Gasteiger partial charge < -0.3 is 10.6 Å². The molecule has 1 aliphatic heterocycles. The molecule has 2 aromatic carbocycles. The summed E-state index contributed by atoms with van der Waals surface area (Å²) in [5.74, 6) is 0.881. The Labute approximate surface area is 169 Å². The molecule has 0 aliphatic carbocycles. The molecular formula is C23H31ClN2O. The second-order valence-electron chi connectivity index (χ2n) is 7.29. The summed E-state index contributed by atoms with van der Waals surface area (Å²) in [5.41, 5.74) is 2.51. The number of piperidine rings is 1. The Morgan fingerprint density at radius 3 is 2.30 bits per heavy atom. The van der Waals surface area contributed by atoms with Gasteiger partial charge >= 0.3 is 0 Å². The highest BCUT2D eigenvalue weighted by Gasteiger charge is 2.17. The summed E-state index contributed by atoms with van der Waals surface area (Å²) in [6, 6.07) is 20.9. The minimum absolute atomic E-state index is 0. The van der Waals surface area contributed by atoms with E-state index in [9.17, 15) is 4.79 Å². The number of benzene rings is 2. The lowest BCUT2D eigenvalue weighted by molar-refractivity contribution is -0.122. The second-order valence-corrected chi connectivity index (χ2v) is 7.29. The predicted molar refractivity (Wildman–Crippen MR) is 114 cm³/mol. The molecule has 3 rings (SSSR count). The number of rotatable bonds is 8. The van der Waals surface area contributed by atoms with Crippen molar-refractivity contribution in [2.45, 2.75) is 44.6 Å². The van der Waals surface area contributed by atoms with Gasteiger partial charge in [-0.3, -0.25) is 4.79 Å². The van der Waals surface area contributed by atoms with Crippen molar-refractivity contribution in [2.24, 2.45) is 5.92 Å². The van der Waals surface area contributed by atoms with Crippen molar-refractivity contribution in [3.8, 4) is 0 Å². The van der Waals surface area contributed by atoms with Crippen molar-refractivity contribution in [1.29, 1.82) is 0 Å². The molecular weight excluding hydrogens is 356 g/mol. The van der Waals surface area contributed by atoms with Gasteiger partial charge in [0.05, 0.1) is 6.04 Å². The fourth-order valence-electron chi connectivity index (χ4n) is 3.74. The first-order valence-electron chi connectivity index (χ1n) is 9.90. The van der Waals surface area contributed by atoms with Crippen LogP contribution in [0.4, 0.5) is 0 Å². The number of hydrogen-bond donors (Lipinski definition) is 2. The smallest absolute Gasteiger partial charge is 0.220 e. The molecule has 0 radical (unpaired) electrons. The molecule has 0 aromatic heterocycles. The third kappa shape index (κ3) is 7.36. The highest BCUT2D eigenvalue weighted by atomic mass is 35.5.